The number of amidine groups is 1. The largest absolute Gasteiger partial charge is 0.377 e. The first-order chi connectivity index (χ1) is 14.4. The Morgan fingerprint density at radius 1 is 1.23 bits per heavy atom. The van der Waals surface area contributed by atoms with Crippen LogP contribution < -0.4 is 5.32 Å². The first kappa shape index (κ1) is 20.1. The van der Waals surface area contributed by atoms with Gasteiger partial charge in [0.15, 0.2) is 5.82 Å². The van der Waals surface area contributed by atoms with E-state index >= 15 is 8.78 Å². The van der Waals surface area contributed by atoms with Crippen molar-refractivity contribution in [1.82, 2.24) is 14.6 Å². The molecule has 4 rings (SSSR count). The van der Waals surface area contributed by atoms with Gasteiger partial charge in [-0.2, -0.15) is 8.78 Å². The van der Waals surface area contributed by atoms with E-state index in [4.69, 9.17) is 4.74 Å². The Balaban J connectivity index is 1.80. The van der Waals surface area contributed by atoms with Gasteiger partial charge in [0.1, 0.15) is 17.2 Å². The second kappa shape index (κ2) is 7.91. The van der Waals surface area contributed by atoms with Gasteiger partial charge in [-0.15, -0.1) is 5.10 Å². The maximum absolute atomic E-state index is 15.2. The summed E-state index contributed by atoms with van der Waals surface area (Å²) >= 11 is 0. The van der Waals surface area contributed by atoms with Crippen LogP contribution in [-0.4, -0.2) is 33.6 Å². The third-order valence-corrected chi connectivity index (χ3v) is 4.61. The van der Waals surface area contributed by atoms with Gasteiger partial charge in [0.25, 0.3) is 0 Å². The first-order valence-corrected chi connectivity index (χ1v) is 9.47. The van der Waals surface area contributed by atoms with Crippen LogP contribution in [-0.2, 0) is 17.3 Å². The minimum Gasteiger partial charge on any atom is -0.377 e. The van der Waals surface area contributed by atoms with Gasteiger partial charge in [-0.3, -0.25) is 4.99 Å². The van der Waals surface area contributed by atoms with Crippen LogP contribution in [0.4, 0.5) is 19.0 Å². The van der Waals surface area contributed by atoms with Gasteiger partial charge in [0, 0.05) is 18.4 Å². The third kappa shape index (κ3) is 3.93. The Bertz CT molecular complexity index is 1140. The fraction of sp³-hybridized carbons (Fsp3) is 0.286. The molecule has 6 nitrogen and oxygen atoms in total. The fourth-order valence-corrected chi connectivity index (χ4v) is 3.10. The fourth-order valence-electron chi connectivity index (χ4n) is 3.10. The van der Waals surface area contributed by atoms with Crippen LogP contribution in [0.15, 0.2) is 53.2 Å². The molecule has 9 heteroatoms. The van der Waals surface area contributed by atoms with Gasteiger partial charge in [0.05, 0.1) is 13.2 Å². The zero-order valence-corrected chi connectivity index (χ0v) is 16.5. The van der Waals surface area contributed by atoms with E-state index in [0.717, 1.165) is 35.4 Å². The molecule has 1 aromatic carbocycles. The number of nitrogens with one attached hydrogen (secondary N) is 1. The van der Waals surface area contributed by atoms with Crippen LogP contribution in [0.5, 0.6) is 0 Å². The van der Waals surface area contributed by atoms with Crippen LogP contribution in [0.1, 0.15) is 30.8 Å². The predicted octanol–water partition coefficient (Wildman–Crippen LogP) is 4.32. The molecule has 0 radical (unpaired) electrons. The molecule has 0 aliphatic carbocycles. The molecule has 3 aromatic rings. The van der Waals surface area contributed by atoms with E-state index in [9.17, 15) is 4.39 Å². The van der Waals surface area contributed by atoms with E-state index in [1.54, 1.807) is 12.3 Å². The quantitative estimate of drug-likeness (QED) is 0.652. The number of halogens is 3. The average molecular weight is 415 g/mol. The number of alkyl halides is 2. The molecule has 0 saturated carbocycles. The van der Waals surface area contributed by atoms with E-state index < -0.39 is 23.1 Å². The molecule has 0 bridgehead atoms. The number of benzene rings is 1. The number of hydrogen-bond acceptors (Lipinski definition) is 5. The van der Waals surface area contributed by atoms with E-state index in [2.05, 4.69) is 20.4 Å². The molecule has 1 aliphatic rings. The maximum Gasteiger partial charge on any atom is 0.333 e. The SMILES string of the molecule is CCOCc1cc2c(NC3=NCC(C)=C3)nc(C(F)(F)c3ccc(F)cc3)nn2c1. The van der Waals surface area contributed by atoms with Gasteiger partial charge in [0.2, 0.25) is 5.82 Å². The lowest BCUT2D eigenvalue weighted by atomic mass is 10.1. The van der Waals surface area contributed by atoms with Crippen molar-refractivity contribution >= 4 is 17.2 Å². The van der Waals surface area contributed by atoms with Crippen molar-refractivity contribution < 1.29 is 17.9 Å². The van der Waals surface area contributed by atoms with Gasteiger partial charge in [-0.25, -0.2) is 13.9 Å². The average Bonchev–Trinajstić information content (AvgIpc) is 3.32. The molecule has 0 atom stereocenters. The van der Waals surface area contributed by atoms with Gasteiger partial charge in [-0.1, -0.05) is 0 Å². The number of anilines is 1. The minimum absolute atomic E-state index is 0.203. The Kier molecular flexibility index (Phi) is 5.29. The van der Waals surface area contributed by atoms with Crippen molar-refractivity contribution in [2.75, 3.05) is 18.5 Å². The van der Waals surface area contributed by atoms with Crippen molar-refractivity contribution in [3.05, 3.63) is 70.9 Å². The molecule has 1 N–H and O–H groups in total. The standard InChI is InChI=1S/C21H20F3N5O/c1-3-30-12-14-9-17-19(26-18-8-13(2)10-25-18)27-20(28-29(17)11-14)21(23,24)15-4-6-16(22)7-5-15/h4-9,11H,3,10,12H2,1-2H3,(H,25,26,27,28). The van der Waals surface area contributed by atoms with Gasteiger partial charge >= 0.3 is 5.92 Å². The summed E-state index contributed by atoms with van der Waals surface area (Å²) in [7, 11) is 0. The molecular weight excluding hydrogens is 395 g/mol. The van der Waals surface area contributed by atoms with Gasteiger partial charge < -0.3 is 10.1 Å². The summed E-state index contributed by atoms with van der Waals surface area (Å²) in [5.41, 5.74) is 1.94. The Morgan fingerprint density at radius 2 is 2.00 bits per heavy atom. The van der Waals surface area contributed by atoms with Crippen molar-refractivity contribution in [1.29, 1.82) is 0 Å². The van der Waals surface area contributed by atoms with Crippen molar-refractivity contribution in [2.45, 2.75) is 26.4 Å². The molecule has 0 saturated heterocycles. The summed E-state index contributed by atoms with van der Waals surface area (Å²) < 4.78 is 50.3. The first-order valence-electron chi connectivity index (χ1n) is 9.47. The summed E-state index contributed by atoms with van der Waals surface area (Å²) in [5.74, 6) is -4.08. The Hall–Kier alpha value is -3.20. The molecular formula is C21H20F3N5O. The number of aliphatic imine (C=N–C) groups is 1. The van der Waals surface area contributed by atoms with E-state index in [1.165, 1.54) is 4.52 Å². The second-order valence-corrected chi connectivity index (χ2v) is 7.00. The Morgan fingerprint density at radius 3 is 2.67 bits per heavy atom. The van der Waals surface area contributed by atoms with Crippen LogP contribution in [0.2, 0.25) is 0 Å². The molecule has 0 spiro atoms. The maximum atomic E-state index is 15.2. The lowest BCUT2D eigenvalue weighted by molar-refractivity contribution is 0.0315. The number of nitrogens with zero attached hydrogens (tertiary/aromatic N) is 4. The summed E-state index contributed by atoms with van der Waals surface area (Å²) in [6, 6.07) is 5.80. The number of hydrogen-bond donors (Lipinski definition) is 1. The molecule has 2 aromatic heterocycles. The summed E-state index contributed by atoms with van der Waals surface area (Å²) in [6.45, 7) is 5.19. The number of aromatic nitrogens is 3. The highest BCUT2D eigenvalue weighted by Crippen LogP contribution is 2.34. The molecule has 30 heavy (non-hydrogen) atoms. The highest BCUT2D eigenvalue weighted by atomic mass is 19.3. The third-order valence-electron chi connectivity index (χ3n) is 4.61. The number of rotatable bonds is 6. The van der Waals surface area contributed by atoms with Gasteiger partial charge in [-0.05, 0) is 61.4 Å². The smallest absolute Gasteiger partial charge is 0.333 e. The predicted molar refractivity (Wildman–Crippen MR) is 107 cm³/mol. The number of fused-ring (bicyclic) bond motifs is 1. The normalized spacial score (nSPS) is 14.2. The van der Waals surface area contributed by atoms with E-state index in [-0.39, 0.29) is 5.82 Å². The van der Waals surface area contributed by atoms with Crippen LogP contribution in [0.3, 0.4) is 0 Å². The molecule has 3 heterocycles. The van der Waals surface area contributed by atoms with Crippen molar-refractivity contribution in [2.24, 2.45) is 4.99 Å². The monoisotopic (exact) mass is 415 g/mol. The zero-order chi connectivity index (χ0) is 21.3. The van der Waals surface area contributed by atoms with Crippen LogP contribution in [0.25, 0.3) is 5.52 Å². The molecule has 0 amide bonds. The van der Waals surface area contributed by atoms with Crippen molar-refractivity contribution in [3.8, 4) is 0 Å². The summed E-state index contributed by atoms with van der Waals surface area (Å²) in [5, 5.41) is 7.06. The lowest BCUT2D eigenvalue weighted by Gasteiger charge is -2.17. The van der Waals surface area contributed by atoms with E-state index in [1.807, 2.05) is 19.9 Å². The van der Waals surface area contributed by atoms with Crippen LogP contribution in [0, 0.1) is 5.82 Å². The molecule has 0 fully saturated rings. The Labute approximate surface area is 171 Å². The molecule has 156 valence electrons. The molecule has 0 unspecified atom stereocenters. The van der Waals surface area contributed by atoms with E-state index in [0.29, 0.717) is 31.1 Å². The second-order valence-electron chi connectivity index (χ2n) is 7.00. The molecule has 1 aliphatic heterocycles. The topological polar surface area (TPSA) is 63.8 Å². The highest BCUT2D eigenvalue weighted by molar-refractivity contribution is 6.06. The van der Waals surface area contributed by atoms with Crippen molar-refractivity contribution in [3.63, 3.8) is 0 Å². The lowest BCUT2D eigenvalue weighted by Crippen LogP contribution is -2.22. The van der Waals surface area contributed by atoms with Crippen LogP contribution >= 0.6 is 0 Å². The minimum atomic E-state index is -3.52. The number of ether oxygens (including phenoxy) is 1. The summed E-state index contributed by atoms with van der Waals surface area (Å²) in [4.78, 5) is 8.44. The summed E-state index contributed by atoms with van der Waals surface area (Å²) in [6.07, 6.45) is 3.46. The highest BCUT2D eigenvalue weighted by Gasteiger charge is 2.39. The zero-order valence-electron chi connectivity index (χ0n) is 16.5.